The average Bonchev–Trinajstić information content (AvgIpc) is 2.69. The van der Waals surface area contributed by atoms with Gasteiger partial charge in [0.2, 0.25) is 0 Å². The van der Waals surface area contributed by atoms with Gasteiger partial charge in [0.1, 0.15) is 6.04 Å². The Morgan fingerprint density at radius 2 is 2.27 bits per heavy atom. The molecule has 1 heterocycles. The summed E-state index contributed by atoms with van der Waals surface area (Å²) in [6.07, 6.45) is 0.00640. The second-order valence-corrected chi connectivity index (χ2v) is 3.80. The first kappa shape index (κ1) is 11.7. The molecule has 0 bridgehead atoms. The Morgan fingerprint density at radius 3 is 2.73 bits per heavy atom. The fourth-order valence-electron chi connectivity index (χ4n) is 1.02. The maximum atomic E-state index is 11.4. The lowest BCUT2D eigenvalue weighted by molar-refractivity contribution is -0.139. The van der Waals surface area contributed by atoms with E-state index < -0.39 is 17.9 Å². The van der Waals surface area contributed by atoms with Crippen LogP contribution >= 0.6 is 11.3 Å². The number of carboxylic acid groups (broad SMARTS) is 1. The molecule has 1 atom stereocenters. The van der Waals surface area contributed by atoms with Crippen LogP contribution in [0.3, 0.4) is 0 Å². The minimum atomic E-state index is -1.14. The van der Waals surface area contributed by atoms with Gasteiger partial charge < -0.3 is 15.5 Å². The number of carbonyl (C=O) groups excluding carboxylic acids is 1. The van der Waals surface area contributed by atoms with E-state index in [2.05, 4.69) is 5.32 Å². The fourth-order valence-corrected chi connectivity index (χ4v) is 1.65. The highest BCUT2D eigenvalue weighted by Crippen LogP contribution is 2.08. The van der Waals surface area contributed by atoms with Gasteiger partial charge in [0, 0.05) is 13.0 Å². The van der Waals surface area contributed by atoms with E-state index >= 15 is 0 Å². The molecular weight excluding hydrogens is 218 g/mol. The van der Waals surface area contributed by atoms with E-state index in [1.165, 1.54) is 11.3 Å². The van der Waals surface area contributed by atoms with Gasteiger partial charge in [0.25, 0.3) is 5.91 Å². The number of amides is 1. The quantitative estimate of drug-likeness (QED) is 0.678. The molecule has 0 saturated carbocycles. The number of aliphatic hydroxyl groups excluding tert-OH is 1. The number of thiophene rings is 1. The molecule has 1 aromatic rings. The van der Waals surface area contributed by atoms with Gasteiger partial charge in [-0.2, -0.15) is 0 Å². The van der Waals surface area contributed by atoms with E-state index in [4.69, 9.17) is 10.2 Å². The minimum Gasteiger partial charge on any atom is -0.480 e. The Balaban J connectivity index is 2.59. The lowest BCUT2D eigenvalue weighted by Gasteiger charge is -2.11. The summed E-state index contributed by atoms with van der Waals surface area (Å²) in [5, 5.41) is 21.4. The van der Waals surface area contributed by atoms with Crippen molar-refractivity contribution >= 4 is 23.2 Å². The van der Waals surface area contributed by atoms with Gasteiger partial charge in [0.05, 0.1) is 4.88 Å². The monoisotopic (exact) mass is 229 g/mol. The highest BCUT2D eigenvalue weighted by molar-refractivity contribution is 7.12. The number of carboxylic acids is 1. The van der Waals surface area contributed by atoms with Crippen LogP contribution in [0.15, 0.2) is 17.5 Å². The van der Waals surface area contributed by atoms with E-state index in [1.54, 1.807) is 17.5 Å². The Hall–Kier alpha value is -1.40. The summed E-state index contributed by atoms with van der Waals surface area (Å²) in [4.78, 5) is 22.6. The van der Waals surface area contributed by atoms with Gasteiger partial charge in [-0.05, 0) is 11.4 Å². The number of aliphatic carboxylic acids is 1. The first-order valence-electron chi connectivity index (χ1n) is 4.33. The summed E-state index contributed by atoms with van der Waals surface area (Å²) in [6.45, 7) is -0.276. The molecule has 0 aliphatic carbocycles. The second-order valence-electron chi connectivity index (χ2n) is 2.85. The molecule has 1 rings (SSSR count). The maximum absolute atomic E-state index is 11.4. The maximum Gasteiger partial charge on any atom is 0.326 e. The first-order chi connectivity index (χ1) is 7.15. The van der Waals surface area contributed by atoms with Gasteiger partial charge in [-0.25, -0.2) is 4.79 Å². The zero-order chi connectivity index (χ0) is 11.3. The highest BCUT2D eigenvalue weighted by atomic mass is 32.1. The Labute approximate surface area is 90.4 Å². The van der Waals surface area contributed by atoms with E-state index in [0.29, 0.717) is 4.88 Å². The van der Waals surface area contributed by atoms with Gasteiger partial charge in [-0.15, -0.1) is 11.3 Å². The molecule has 3 N–H and O–H groups in total. The standard InChI is InChI=1S/C9H11NO4S/c11-4-3-6(9(13)14)10-8(12)7-2-1-5-15-7/h1-2,5-6,11H,3-4H2,(H,10,12)(H,13,14). The highest BCUT2D eigenvalue weighted by Gasteiger charge is 2.20. The molecule has 0 aromatic carbocycles. The van der Waals surface area contributed by atoms with Crippen molar-refractivity contribution in [2.75, 3.05) is 6.61 Å². The fraction of sp³-hybridized carbons (Fsp3) is 0.333. The third-order valence-corrected chi connectivity index (χ3v) is 2.63. The molecule has 0 fully saturated rings. The summed E-state index contributed by atoms with van der Waals surface area (Å²) in [6, 6.07) is 2.28. The molecule has 0 spiro atoms. The first-order valence-corrected chi connectivity index (χ1v) is 5.21. The zero-order valence-electron chi connectivity index (χ0n) is 7.84. The van der Waals surface area contributed by atoms with Crippen molar-refractivity contribution in [3.8, 4) is 0 Å². The van der Waals surface area contributed by atoms with Crippen LogP contribution in [-0.2, 0) is 4.79 Å². The van der Waals surface area contributed by atoms with Crippen LogP contribution in [0.5, 0.6) is 0 Å². The number of rotatable bonds is 5. The molecule has 1 unspecified atom stereocenters. The molecule has 0 radical (unpaired) electrons. The normalized spacial score (nSPS) is 12.1. The van der Waals surface area contributed by atoms with Crippen molar-refractivity contribution in [1.82, 2.24) is 5.32 Å². The van der Waals surface area contributed by atoms with Gasteiger partial charge in [0.15, 0.2) is 0 Å². The molecule has 0 aliphatic heterocycles. The van der Waals surface area contributed by atoms with Crippen LogP contribution < -0.4 is 5.32 Å². The second kappa shape index (κ2) is 5.47. The Morgan fingerprint density at radius 1 is 1.53 bits per heavy atom. The third kappa shape index (κ3) is 3.34. The smallest absolute Gasteiger partial charge is 0.326 e. The van der Waals surface area contributed by atoms with Crippen molar-refractivity contribution in [3.05, 3.63) is 22.4 Å². The van der Waals surface area contributed by atoms with Gasteiger partial charge >= 0.3 is 5.97 Å². The number of hydrogen-bond donors (Lipinski definition) is 3. The van der Waals surface area contributed by atoms with Crippen molar-refractivity contribution in [2.45, 2.75) is 12.5 Å². The largest absolute Gasteiger partial charge is 0.480 e. The van der Waals surface area contributed by atoms with Crippen LogP contribution in [-0.4, -0.2) is 34.7 Å². The van der Waals surface area contributed by atoms with Crippen molar-refractivity contribution in [3.63, 3.8) is 0 Å². The van der Waals surface area contributed by atoms with Gasteiger partial charge in [-0.1, -0.05) is 6.07 Å². The van der Waals surface area contributed by atoms with Crippen molar-refractivity contribution in [1.29, 1.82) is 0 Å². The van der Waals surface area contributed by atoms with Crippen LogP contribution in [0.2, 0.25) is 0 Å². The molecular formula is C9H11NO4S. The third-order valence-electron chi connectivity index (χ3n) is 1.77. The molecule has 5 nitrogen and oxygen atoms in total. The van der Waals surface area contributed by atoms with Gasteiger partial charge in [-0.3, -0.25) is 4.79 Å². The van der Waals surface area contributed by atoms with Crippen molar-refractivity contribution in [2.24, 2.45) is 0 Å². The number of hydrogen-bond acceptors (Lipinski definition) is 4. The number of nitrogens with one attached hydrogen (secondary N) is 1. The van der Waals surface area contributed by atoms with E-state index in [-0.39, 0.29) is 13.0 Å². The van der Waals surface area contributed by atoms with Crippen LogP contribution in [0.4, 0.5) is 0 Å². The molecule has 82 valence electrons. The topological polar surface area (TPSA) is 86.6 Å². The zero-order valence-corrected chi connectivity index (χ0v) is 8.66. The summed E-state index contributed by atoms with van der Waals surface area (Å²) in [5.74, 6) is -1.57. The molecule has 0 aliphatic rings. The number of carbonyl (C=O) groups is 2. The molecule has 0 saturated heterocycles. The predicted octanol–water partition coefficient (Wildman–Crippen LogP) is 0.313. The molecule has 6 heteroatoms. The summed E-state index contributed by atoms with van der Waals surface area (Å²) in [7, 11) is 0. The lowest BCUT2D eigenvalue weighted by atomic mass is 10.2. The minimum absolute atomic E-state index is 0.00640. The van der Waals surface area contributed by atoms with E-state index in [0.717, 1.165) is 0 Å². The van der Waals surface area contributed by atoms with Crippen LogP contribution in [0.1, 0.15) is 16.1 Å². The Kier molecular flexibility index (Phi) is 4.26. The number of aliphatic hydroxyl groups is 1. The lowest BCUT2D eigenvalue weighted by Crippen LogP contribution is -2.41. The summed E-state index contributed by atoms with van der Waals surface area (Å²) < 4.78 is 0. The molecule has 1 amide bonds. The average molecular weight is 229 g/mol. The summed E-state index contributed by atoms with van der Waals surface area (Å²) in [5.41, 5.74) is 0. The van der Waals surface area contributed by atoms with Crippen molar-refractivity contribution < 1.29 is 19.8 Å². The van der Waals surface area contributed by atoms with Crippen LogP contribution in [0.25, 0.3) is 0 Å². The van der Waals surface area contributed by atoms with Crippen LogP contribution in [0, 0.1) is 0 Å². The molecule has 15 heavy (non-hydrogen) atoms. The predicted molar refractivity (Wildman–Crippen MR) is 54.9 cm³/mol. The molecule has 1 aromatic heterocycles. The van der Waals surface area contributed by atoms with E-state index in [1.807, 2.05) is 0 Å². The Bertz CT molecular complexity index is 336. The van der Waals surface area contributed by atoms with E-state index in [9.17, 15) is 9.59 Å². The summed E-state index contributed by atoms with van der Waals surface area (Å²) >= 11 is 1.24. The SMILES string of the molecule is O=C(NC(CCO)C(=O)O)c1cccs1.